The van der Waals surface area contributed by atoms with E-state index in [2.05, 4.69) is 0 Å². The third kappa shape index (κ3) is 1.20. The van der Waals surface area contributed by atoms with Crippen LogP contribution in [0, 0.1) is 0 Å². The molecule has 1 rings (SSSR count). The first kappa shape index (κ1) is 7.69. The lowest BCUT2D eigenvalue weighted by atomic mass is 10.5. The Labute approximate surface area is 64.9 Å². The molecule has 0 atom stereocenters. The van der Waals surface area contributed by atoms with E-state index in [1.165, 1.54) is 5.03 Å². The molecule has 2 nitrogen and oxygen atoms in total. The number of aliphatic hydroxyl groups is 1. The second kappa shape index (κ2) is 3.12. The topological polar surface area (TPSA) is 25.2 Å². The Balaban J connectivity index is 2.97. The zero-order chi connectivity index (χ0) is 7.56. The van der Waals surface area contributed by atoms with Crippen LogP contribution in [-0.2, 0) is 13.7 Å². The van der Waals surface area contributed by atoms with E-state index < -0.39 is 0 Å². The third-order valence-electron chi connectivity index (χ3n) is 1.55. The Bertz CT molecular complexity index is 198. The van der Waals surface area contributed by atoms with Crippen LogP contribution < -0.4 is 0 Å². The molecular formula is C7H11NOS. The van der Waals surface area contributed by atoms with Crippen LogP contribution in [-0.4, -0.2) is 15.9 Å². The van der Waals surface area contributed by atoms with E-state index in [1.54, 1.807) is 11.8 Å². The van der Waals surface area contributed by atoms with E-state index in [0.717, 1.165) is 5.69 Å². The highest BCUT2D eigenvalue weighted by Gasteiger charge is 2.00. The van der Waals surface area contributed by atoms with Crippen LogP contribution in [0.15, 0.2) is 17.2 Å². The van der Waals surface area contributed by atoms with Crippen LogP contribution in [0.25, 0.3) is 0 Å². The molecule has 0 amide bonds. The summed E-state index contributed by atoms with van der Waals surface area (Å²) in [7, 11) is 1.96. The van der Waals surface area contributed by atoms with Gasteiger partial charge in [-0.1, -0.05) is 0 Å². The number of aromatic nitrogens is 1. The molecule has 10 heavy (non-hydrogen) atoms. The lowest BCUT2D eigenvalue weighted by Crippen LogP contribution is -1.95. The Hall–Kier alpha value is -0.410. The van der Waals surface area contributed by atoms with Crippen molar-refractivity contribution in [3.63, 3.8) is 0 Å². The van der Waals surface area contributed by atoms with Crippen LogP contribution in [0.5, 0.6) is 0 Å². The smallest absolute Gasteiger partial charge is 0.0833 e. The fourth-order valence-corrected chi connectivity index (χ4v) is 1.49. The highest BCUT2D eigenvalue weighted by Crippen LogP contribution is 2.16. The molecule has 0 aliphatic heterocycles. The molecular weight excluding hydrogens is 146 g/mol. The van der Waals surface area contributed by atoms with Crippen molar-refractivity contribution in [2.75, 3.05) is 6.26 Å². The quantitative estimate of drug-likeness (QED) is 0.653. The number of hydrogen-bond donors (Lipinski definition) is 1. The molecule has 0 radical (unpaired) electrons. The molecule has 0 fully saturated rings. The molecule has 0 aromatic carbocycles. The van der Waals surface area contributed by atoms with Crippen molar-refractivity contribution in [1.82, 2.24) is 4.57 Å². The lowest BCUT2D eigenvalue weighted by molar-refractivity contribution is 0.271. The molecule has 0 aliphatic rings. The van der Waals surface area contributed by atoms with Crippen molar-refractivity contribution in [2.45, 2.75) is 11.6 Å². The maximum absolute atomic E-state index is 8.80. The molecule has 0 unspecified atom stereocenters. The summed E-state index contributed by atoms with van der Waals surface area (Å²) in [5, 5.41) is 9.98. The molecule has 0 saturated carbocycles. The number of nitrogens with zero attached hydrogens (tertiary/aromatic N) is 1. The number of rotatable bonds is 2. The summed E-state index contributed by atoms with van der Waals surface area (Å²) in [6.45, 7) is 0.122. The highest BCUT2D eigenvalue weighted by atomic mass is 32.2. The Morgan fingerprint density at radius 3 is 2.60 bits per heavy atom. The second-order valence-corrected chi connectivity index (χ2v) is 2.91. The van der Waals surface area contributed by atoms with Crippen molar-refractivity contribution < 1.29 is 5.11 Å². The van der Waals surface area contributed by atoms with Gasteiger partial charge in [-0.3, -0.25) is 0 Å². The monoisotopic (exact) mass is 157 g/mol. The zero-order valence-corrected chi connectivity index (χ0v) is 6.98. The van der Waals surface area contributed by atoms with Crippen LogP contribution in [0.3, 0.4) is 0 Å². The number of hydrogen-bond acceptors (Lipinski definition) is 2. The standard InChI is InChI=1S/C7H11NOS/c1-8-6(5-9)3-4-7(8)10-2/h3-4,9H,5H2,1-2H3. The van der Waals surface area contributed by atoms with Gasteiger partial charge < -0.3 is 9.67 Å². The summed E-state index contributed by atoms with van der Waals surface area (Å²) < 4.78 is 1.99. The minimum absolute atomic E-state index is 0.122. The van der Waals surface area contributed by atoms with E-state index >= 15 is 0 Å². The third-order valence-corrected chi connectivity index (χ3v) is 2.38. The van der Waals surface area contributed by atoms with Crippen LogP contribution in [0.1, 0.15) is 5.69 Å². The van der Waals surface area contributed by atoms with E-state index in [4.69, 9.17) is 5.11 Å². The Morgan fingerprint density at radius 1 is 1.60 bits per heavy atom. The summed E-state index contributed by atoms with van der Waals surface area (Å²) in [4.78, 5) is 0. The molecule has 0 bridgehead atoms. The van der Waals surface area contributed by atoms with Gasteiger partial charge in [0.1, 0.15) is 0 Å². The van der Waals surface area contributed by atoms with Crippen LogP contribution in [0.2, 0.25) is 0 Å². The van der Waals surface area contributed by atoms with Crippen LogP contribution >= 0.6 is 11.8 Å². The minimum atomic E-state index is 0.122. The first-order valence-corrected chi connectivity index (χ1v) is 4.31. The van der Waals surface area contributed by atoms with Gasteiger partial charge in [0.2, 0.25) is 0 Å². The SMILES string of the molecule is CSc1ccc(CO)n1C. The average Bonchev–Trinajstić information content (AvgIpc) is 2.30. The van der Waals surface area contributed by atoms with Crippen molar-refractivity contribution >= 4 is 11.8 Å². The highest BCUT2D eigenvalue weighted by molar-refractivity contribution is 7.98. The number of thioether (sulfide) groups is 1. The Kier molecular flexibility index (Phi) is 2.40. The molecule has 0 saturated heterocycles. The Morgan fingerprint density at radius 2 is 2.30 bits per heavy atom. The van der Waals surface area contributed by atoms with Gasteiger partial charge >= 0.3 is 0 Å². The number of aliphatic hydroxyl groups excluding tert-OH is 1. The van der Waals surface area contributed by atoms with Gasteiger partial charge in [-0.2, -0.15) is 0 Å². The molecule has 1 aromatic heterocycles. The fraction of sp³-hybridized carbons (Fsp3) is 0.429. The molecule has 56 valence electrons. The average molecular weight is 157 g/mol. The predicted molar refractivity (Wildman–Crippen MR) is 43.1 cm³/mol. The van der Waals surface area contributed by atoms with Crippen LogP contribution in [0.4, 0.5) is 0 Å². The van der Waals surface area contributed by atoms with Gasteiger partial charge in [0, 0.05) is 12.7 Å². The first-order chi connectivity index (χ1) is 4.79. The molecule has 0 spiro atoms. The van der Waals surface area contributed by atoms with Crippen molar-refractivity contribution in [1.29, 1.82) is 0 Å². The van der Waals surface area contributed by atoms with E-state index in [9.17, 15) is 0 Å². The molecule has 0 aliphatic carbocycles. The van der Waals surface area contributed by atoms with E-state index in [-0.39, 0.29) is 6.61 Å². The summed E-state index contributed by atoms with van der Waals surface area (Å²) in [6.07, 6.45) is 2.02. The van der Waals surface area contributed by atoms with Gasteiger partial charge in [0.25, 0.3) is 0 Å². The second-order valence-electron chi connectivity index (χ2n) is 2.08. The van der Waals surface area contributed by atoms with Crippen molar-refractivity contribution in [3.8, 4) is 0 Å². The predicted octanol–water partition coefficient (Wildman–Crippen LogP) is 1.24. The van der Waals surface area contributed by atoms with Gasteiger partial charge in [-0.05, 0) is 18.4 Å². The largest absolute Gasteiger partial charge is 0.390 e. The normalized spacial score (nSPS) is 10.3. The minimum Gasteiger partial charge on any atom is -0.390 e. The summed E-state index contributed by atoms with van der Waals surface area (Å²) in [5.74, 6) is 0. The summed E-state index contributed by atoms with van der Waals surface area (Å²) >= 11 is 1.68. The summed E-state index contributed by atoms with van der Waals surface area (Å²) in [6, 6.07) is 3.95. The van der Waals surface area contributed by atoms with E-state index in [1.807, 2.05) is 30.0 Å². The van der Waals surface area contributed by atoms with Gasteiger partial charge in [0.15, 0.2) is 0 Å². The summed E-state index contributed by atoms with van der Waals surface area (Å²) in [5.41, 5.74) is 0.962. The molecule has 3 heteroatoms. The molecule has 1 aromatic rings. The molecule has 1 heterocycles. The fourth-order valence-electron chi connectivity index (χ4n) is 0.896. The van der Waals surface area contributed by atoms with Crippen molar-refractivity contribution in [2.24, 2.45) is 7.05 Å². The van der Waals surface area contributed by atoms with Gasteiger partial charge in [-0.25, -0.2) is 0 Å². The van der Waals surface area contributed by atoms with Gasteiger partial charge in [-0.15, -0.1) is 11.8 Å². The maximum atomic E-state index is 8.80. The zero-order valence-electron chi connectivity index (χ0n) is 6.16. The molecule has 1 N–H and O–H groups in total. The van der Waals surface area contributed by atoms with E-state index in [0.29, 0.717) is 0 Å². The van der Waals surface area contributed by atoms with Gasteiger partial charge in [0.05, 0.1) is 11.6 Å². The maximum Gasteiger partial charge on any atom is 0.0833 e. The van der Waals surface area contributed by atoms with Crippen molar-refractivity contribution in [3.05, 3.63) is 17.8 Å². The first-order valence-electron chi connectivity index (χ1n) is 3.09. The lowest BCUT2D eigenvalue weighted by Gasteiger charge is -2.01.